The van der Waals surface area contributed by atoms with Crippen molar-refractivity contribution in [2.45, 2.75) is 6.92 Å². The van der Waals surface area contributed by atoms with E-state index in [1.54, 1.807) is 6.07 Å². The molecule has 0 fully saturated rings. The Balaban J connectivity index is 2.26. The van der Waals surface area contributed by atoms with Gasteiger partial charge >= 0.3 is 5.97 Å². The Kier molecular flexibility index (Phi) is 3.49. The lowest BCUT2D eigenvalue weighted by Crippen LogP contribution is -2.09. The molecule has 0 unspecified atom stereocenters. The first kappa shape index (κ1) is 11.7. The summed E-state index contributed by atoms with van der Waals surface area (Å²) in [4.78, 5) is 11.0. The van der Waals surface area contributed by atoms with Gasteiger partial charge in [-0.05, 0) is 42.8 Å². The number of hydrogen-bond acceptors (Lipinski definition) is 2. The third-order valence-electron chi connectivity index (χ3n) is 2.39. The van der Waals surface area contributed by atoms with E-state index in [-0.39, 0.29) is 5.88 Å². The summed E-state index contributed by atoms with van der Waals surface area (Å²) < 4.78 is 7.04. The number of carbonyl (C=O) groups is 1. The number of halogens is 1. The SMILES string of the molecule is Cc1cc(OC(=O)CCl)ccc1-n1cccc1. The maximum Gasteiger partial charge on any atom is 0.326 e. The average molecular weight is 250 g/mol. The Morgan fingerprint density at radius 1 is 1.35 bits per heavy atom. The summed E-state index contributed by atoms with van der Waals surface area (Å²) in [6.45, 7) is 1.97. The molecule has 1 heterocycles. The van der Waals surface area contributed by atoms with E-state index in [0.29, 0.717) is 5.75 Å². The quantitative estimate of drug-likeness (QED) is 0.476. The van der Waals surface area contributed by atoms with Crippen LogP contribution in [0.15, 0.2) is 42.7 Å². The summed E-state index contributed by atoms with van der Waals surface area (Å²) in [6.07, 6.45) is 3.93. The van der Waals surface area contributed by atoms with E-state index >= 15 is 0 Å². The summed E-state index contributed by atoms with van der Waals surface area (Å²) in [5, 5.41) is 0. The molecule has 0 aliphatic carbocycles. The molecule has 17 heavy (non-hydrogen) atoms. The topological polar surface area (TPSA) is 31.2 Å². The van der Waals surface area contributed by atoms with Gasteiger partial charge < -0.3 is 9.30 Å². The average Bonchev–Trinajstić information content (AvgIpc) is 2.82. The van der Waals surface area contributed by atoms with Crippen LogP contribution in [-0.2, 0) is 4.79 Å². The highest BCUT2D eigenvalue weighted by Crippen LogP contribution is 2.20. The molecule has 0 amide bonds. The van der Waals surface area contributed by atoms with Gasteiger partial charge in [0.05, 0.1) is 0 Å². The molecule has 88 valence electrons. The fourth-order valence-electron chi connectivity index (χ4n) is 1.63. The highest BCUT2D eigenvalue weighted by atomic mass is 35.5. The van der Waals surface area contributed by atoms with Crippen LogP contribution in [0.1, 0.15) is 5.56 Å². The fraction of sp³-hybridized carbons (Fsp3) is 0.154. The first-order valence-corrected chi connectivity index (χ1v) is 5.75. The van der Waals surface area contributed by atoms with Crippen molar-refractivity contribution in [2.75, 3.05) is 5.88 Å². The van der Waals surface area contributed by atoms with E-state index < -0.39 is 5.97 Å². The van der Waals surface area contributed by atoms with E-state index in [1.165, 1.54) is 0 Å². The molecule has 1 aromatic carbocycles. The van der Waals surface area contributed by atoms with Gasteiger partial charge in [0.15, 0.2) is 0 Å². The Bertz CT molecular complexity index is 520. The third-order valence-corrected chi connectivity index (χ3v) is 2.61. The zero-order valence-electron chi connectivity index (χ0n) is 9.39. The zero-order valence-corrected chi connectivity index (χ0v) is 10.1. The van der Waals surface area contributed by atoms with Gasteiger partial charge in [0.25, 0.3) is 0 Å². The van der Waals surface area contributed by atoms with Crippen molar-refractivity contribution >= 4 is 17.6 Å². The van der Waals surface area contributed by atoms with Crippen molar-refractivity contribution in [1.82, 2.24) is 4.57 Å². The Hall–Kier alpha value is -1.74. The largest absolute Gasteiger partial charge is 0.426 e. The van der Waals surface area contributed by atoms with Gasteiger partial charge in [-0.25, -0.2) is 0 Å². The first-order valence-electron chi connectivity index (χ1n) is 5.21. The van der Waals surface area contributed by atoms with Crippen LogP contribution in [-0.4, -0.2) is 16.4 Å². The second-order valence-electron chi connectivity index (χ2n) is 3.65. The van der Waals surface area contributed by atoms with Crippen LogP contribution in [0.2, 0.25) is 0 Å². The smallest absolute Gasteiger partial charge is 0.326 e. The number of esters is 1. The second kappa shape index (κ2) is 5.06. The number of carbonyl (C=O) groups excluding carboxylic acids is 1. The summed E-state index contributed by atoms with van der Waals surface area (Å²) >= 11 is 5.38. The highest BCUT2D eigenvalue weighted by molar-refractivity contribution is 6.26. The lowest BCUT2D eigenvalue weighted by atomic mass is 10.2. The van der Waals surface area contributed by atoms with E-state index in [1.807, 2.05) is 48.1 Å². The van der Waals surface area contributed by atoms with Gasteiger partial charge in [0.1, 0.15) is 11.6 Å². The number of nitrogens with zero attached hydrogens (tertiary/aromatic N) is 1. The minimum Gasteiger partial charge on any atom is -0.426 e. The van der Waals surface area contributed by atoms with E-state index in [2.05, 4.69) is 0 Å². The number of rotatable bonds is 3. The highest BCUT2D eigenvalue weighted by Gasteiger charge is 2.05. The van der Waals surface area contributed by atoms with Crippen molar-refractivity contribution in [3.63, 3.8) is 0 Å². The number of alkyl halides is 1. The molecule has 0 bridgehead atoms. The summed E-state index contributed by atoms with van der Waals surface area (Å²) in [5.41, 5.74) is 2.08. The summed E-state index contributed by atoms with van der Waals surface area (Å²) in [6, 6.07) is 9.40. The van der Waals surface area contributed by atoms with Crippen LogP contribution in [0.4, 0.5) is 0 Å². The van der Waals surface area contributed by atoms with Crippen LogP contribution in [0, 0.1) is 6.92 Å². The molecule has 4 heteroatoms. The minimum atomic E-state index is -0.445. The van der Waals surface area contributed by atoms with Gasteiger partial charge in [0.2, 0.25) is 0 Å². The Morgan fingerprint density at radius 3 is 2.65 bits per heavy atom. The standard InChI is InChI=1S/C13H12ClNO2/c1-10-8-11(17-13(16)9-14)4-5-12(10)15-6-2-3-7-15/h2-8H,9H2,1H3. The summed E-state index contributed by atoms with van der Waals surface area (Å²) in [7, 11) is 0. The van der Waals surface area contributed by atoms with Crippen molar-refractivity contribution in [3.05, 3.63) is 48.3 Å². The monoisotopic (exact) mass is 249 g/mol. The van der Waals surface area contributed by atoms with Crippen molar-refractivity contribution in [3.8, 4) is 11.4 Å². The van der Waals surface area contributed by atoms with Gasteiger partial charge in [0, 0.05) is 18.1 Å². The van der Waals surface area contributed by atoms with Crippen molar-refractivity contribution in [2.24, 2.45) is 0 Å². The molecular formula is C13H12ClNO2. The molecule has 3 nitrogen and oxygen atoms in total. The zero-order chi connectivity index (χ0) is 12.3. The number of hydrogen-bond donors (Lipinski definition) is 0. The fourth-order valence-corrected chi connectivity index (χ4v) is 1.69. The van der Waals surface area contributed by atoms with Gasteiger partial charge in [-0.2, -0.15) is 0 Å². The molecule has 0 aliphatic heterocycles. The molecule has 0 saturated carbocycles. The van der Waals surface area contributed by atoms with Crippen LogP contribution < -0.4 is 4.74 Å². The predicted molar refractivity (Wildman–Crippen MR) is 66.9 cm³/mol. The Morgan fingerprint density at radius 2 is 2.06 bits per heavy atom. The lowest BCUT2D eigenvalue weighted by molar-refractivity contribution is -0.131. The molecule has 0 spiro atoms. The maximum atomic E-state index is 11.0. The number of aromatic nitrogens is 1. The maximum absolute atomic E-state index is 11.0. The number of ether oxygens (including phenoxy) is 1. The second-order valence-corrected chi connectivity index (χ2v) is 3.91. The van der Waals surface area contributed by atoms with Crippen LogP contribution in [0.3, 0.4) is 0 Å². The Labute approximate surface area is 105 Å². The summed E-state index contributed by atoms with van der Waals surface area (Å²) in [5.74, 6) is -0.0675. The van der Waals surface area contributed by atoms with Crippen LogP contribution >= 0.6 is 11.6 Å². The number of benzene rings is 1. The van der Waals surface area contributed by atoms with Crippen molar-refractivity contribution in [1.29, 1.82) is 0 Å². The van der Waals surface area contributed by atoms with Gasteiger partial charge in [-0.3, -0.25) is 4.79 Å². The molecule has 2 rings (SSSR count). The van der Waals surface area contributed by atoms with Crippen molar-refractivity contribution < 1.29 is 9.53 Å². The molecule has 0 radical (unpaired) electrons. The normalized spacial score (nSPS) is 10.2. The van der Waals surface area contributed by atoms with E-state index in [4.69, 9.17) is 16.3 Å². The van der Waals surface area contributed by atoms with E-state index in [9.17, 15) is 4.79 Å². The molecular weight excluding hydrogens is 238 g/mol. The lowest BCUT2D eigenvalue weighted by Gasteiger charge is -2.09. The molecule has 0 aliphatic rings. The van der Waals surface area contributed by atoms with Crippen LogP contribution in [0.25, 0.3) is 5.69 Å². The van der Waals surface area contributed by atoms with Gasteiger partial charge in [-0.1, -0.05) is 0 Å². The predicted octanol–water partition coefficient (Wildman–Crippen LogP) is 2.93. The molecule has 0 saturated heterocycles. The first-order chi connectivity index (χ1) is 8.20. The minimum absolute atomic E-state index is 0.140. The molecule has 1 aromatic heterocycles. The van der Waals surface area contributed by atoms with E-state index in [0.717, 1.165) is 11.3 Å². The molecule has 2 aromatic rings. The molecule has 0 N–H and O–H groups in total. The van der Waals surface area contributed by atoms with Gasteiger partial charge in [-0.15, -0.1) is 11.6 Å². The third kappa shape index (κ3) is 2.68. The number of aryl methyl sites for hydroxylation is 1. The molecule has 0 atom stereocenters. The van der Waals surface area contributed by atoms with Crippen LogP contribution in [0.5, 0.6) is 5.75 Å².